The van der Waals surface area contributed by atoms with Crippen molar-refractivity contribution in [2.45, 2.75) is 27.7 Å². The van der Waals surface area contributed by atoms with Crippen molar-refractivity contribution >= 4 is 11.8 Å². The van der Waals surface area contributed by atoms with Gasteiger partial charge in [-0.1, -0.05) is 18.2 Å². The molecule has 1 aromatic heterocycles. The van der Waals surface area contributed by atoms with Crippen LogP contribution in [0.15, 0.2) is 35.1 Å². The first kappa shape index (κ1) is 16.7. The fourth-order valence-corrected chi connectivity index (χ4v) is 2.52. The lowest BCUT2D eigenvalue weighted by molar-refractivity contribution is 0.0524. The number of hydrogen-bond donors (Lipinski definition) is 0. The predicted molar refractivity (Wildman–Crippen MR) is 87.5 cm³/mol. The van der Waals surface area contributed by atoms with Crippen LogP contribution in [0.1, 0.15) is 45.8 Å². The molecule has 2 rings (SSSR count). The SMILES string of the molecule is CCOC(=O)c1cc(C(C)=O)c(C)n(-c2ccccc2C)c1=O. The standard InChI is InChI=1S/C18H19NO4/c1-5-23-18(22)15-10-14(13(4)20)12(3)19(17(15)21)16-9-7-6-8-11(16)2/h6-10H,5H2,1-4H3. The molecule has 2 aromatic rings. The molecule has 120 valence electrons. The molecular formula is C18H19NO4. The highest BCUT2D eigenvalue weighted by molar-refractivity contribution is 5.98. The summed E-state index contributed by atoms with van der Waals surface area (Å²) in [5, 5.41) is 0. The molecule has 0 bridgehead atoms. The van der Waals surface area contributed by atoms with Crippen LogP contribution in [0.5, 0.6) is 0 Å². The Kier molecular flexibility index (Phi) is 4.79. The Balaban J connectivity index is 2.85. The van der Waals surface area contributed by atoms with Crippen molar-refractivity contribution in [1.82, 2.24) is 4.57 Å². The van der Waals surface area contributed by atoms with Gasteiger partial charge in [-0.2, -0.15) is 0 Å². The van der Waals surface area contributed by atoms with Gasteiger partial charge in [0.15, 0.2) is 5.78 Å². The van der Waals surface area contributed by atoms with E-state index in [1.165, 1.54) is 17.6 Å². The number of rotatable bonds is 4. The van der Waals surface area contributed by atoms with Gasteiger partial charge in [-0.05, 0) is 45.4 Å². The van der Waals surface area contributed by atoms with Gasteiger partial charge < -0.3 is 4.74 Å². The van der Waals surface area contributed by atoms with Crippen LogP contribution < -0.4 is 5.56 Å². The molecule has 0 unspecified atom stereocenters. The van der Waals surface area contributed by atoms with Gasteiger partial charge in [0.25, 0.3) is 5.56 Å². The molecule has 5 heteroatoms. The molecule has 5 nitrogen and oxygen atoms in total. The topological polar surface area (TPSA) is 65.4 Å². The normalized spacial score (nSPS) is 10.4. The summed E-state index contributed by atoms with van der Waals surface area (Å²) in [6, 6.07) is 8.64. The molecule has 0 amide bonds. The Morgan fingerprint density at radius 2 is 1.78 bits per heavy atom. The summed E-state index contributed by atoms with van der Waals surface area (Å²) in [5.41, 5.74) is 1.73. The molecular weight excluding hydrogens is 294 g/mol. The molecule has 0 N–H and O–H groups in total. The average Bonchev–Trinajstić information content (AvgIpc) is 2.49. The van der Waals surface area contributed by atoms with Gasteiger partial charge >= 0.3 is 5.97 Å². The van der Waals surface area contributed by atoms with Crippen molar-refractivity contribution in [3.63, 3.8) is 0 Å². The Bertz CT molecular complexity index is 833. The number of ketones is 1. The molecule has 0 aliphatic heterocycles. The highest BCUT2D eigenvalue weighted by atomic mass is 16.5. The first-order valence-corrected chi connectivity index (χ1v) is 7.39. The van der Waals surface area contributed by atoms with E-state index < -0.39 is 11.5 Å². The molecule has 23 heavy (non-hydrogen) atoms. The molecule has 0 atom stereocenters. The van der Waals surface area contributed by atoms with Gasteiger partial charge in [-0.15, -0.1) is 0 Å². The third-order valence-corrected chi connectivity index (χ3v) is 3.68. The summed E-state index contributed by atoms with van der Waals surface area (Å²) in [6.45, 7) is 6.79. The Morgan fingerprint density at radius 3 is 2.35 bits per heavy atom. The zero-order valence-electron chi connectivity index (χ0n) is 13.7. The Hall–Kier alpha value is -2.69. The van der Waals surface area contributed by atoms with Crippen molar-refractivity contribution in [2.24, 2.45) is 0 Å². The van der Waals surface area contributed by atoms with Crippen molar-refractivity contribution in [1.29, 1.82) is 0 Å². The number of benzene rings is 1. The average molecular weight is 313 g/mol. The fraction of sp³-hybridized carbons (Fsp3) is 0.278. The first-order valence-electron chi connectivity index (χ1n) is 7.39. The number of esters is 1. The van der Waals surface area contributed by atoms with Gasteiger partial charge in [-0.25, -0.2) is 4.79 Å². The monoisotopic (exact) mass is 313 g/mol. The minimum absolute atomic E-state index is 0.133. The molecule has 0 radical (unpaired) electrons. The molecule has 0 fully saturated rings. The maximum Gasteiger partial charge on any atom is 0.343 e. The molecule has 0 saturated heterocycles. The van der Waals surface area contributed by atoms with E-state index in [1.807, 2.05) is 19.1 Å². The summed E-state index contributed by atoms with van der Waals surface area (Å²) < 4.78 is 6.34. The van der Waals surface area contributed by atoms with Gasteiger partial charge in [0.1, 0.15) is 5.56 Å². The van der Waals surface area contributed by atoms with Crippen LogP contribution in [-0.2, 0) is 4.74 Å². The Labute approximate surface area is 134 Å². The lowest BCUT2D eigenvalue weighted by Crippen LogP contribution is -2.30. The van der Waals surface area contributed by atoms with E-state index in [-0.39, 0.29) is 18.0 Å². The summed E-state index contributed by atoms with van der Waals surface area (Å²) in [5.74, 6) is -0.933. The van der Waals surface area contributed by atoms with Crippen LogP contribution in [0.4, 0.5) is 0 Å². The van der Waals surface area contributed by atoms with Crippen LogP contribution in [0, 0.1) is 13.8 Å². The van der Waals surface area contributed by atoms with Crippen LogP contribution in [0.25, 0.3) is 5.69 Å². The van der Waals surface area contributed by atoms with Crippen molar-refractivity contribution < 1.29 is 14.3 Å². The lowest BCUT2D eigenvalue weighted by Gasteiger charge is -2.16. The highest BCUT2D eigenvalue weighted by Gasteiger charge is 2.21. The van der Waals surface area contributed by atoms with Crippen LogP contribution >= 0.6 is 0 Å². The predicted octanol–water partition coefficient (Wildman–Crippen LogP) is 2.83. The number of para-hydroxylation sites is 1. The van der Waals surface area contributed by atoms with E-state index in [0.717, 1.165) is 5.56 Å². The van der Waals surface area contributed by atoms with Gasteiger partial charge in [0, 0.05) is 11.3 Å². The molecule has 1 heterocycles. The van der Waals surface area contributed by atoms with E-state index in [9.17, 15) is 14.4 Å². The maximum atomic E-state index is 12.8. The molecule has 0 spiro atoms. The third kappa shape index (κ3) is 3.08. The number of nitrogens with zero attached hydrogens (tertiary/aromatic N) is 1. The zero-order valence-corrected chi connectivity index (χ0v) is 13.7. The van der Waals surface area contributed by atoms with Gasteiger partial charge in [-0.3, -0.25) is 14.2 Å². The third-order valence-electron chi connectivity index (χ3n) is 3.68. The highest BCUT2D eigenvalue weighted by Crippen LogP contribution is 2.18. The first-order chi connectivity index (χ1) is 10.9. The number of hydrogen-bond acceptors (Lipinski definition) is 4. The number of pyridine rings is 1. The fourth-order valence-electron chi connectivity index (χ4n) is 2.52. The van der Waals surface area contributed by atoms with Crippen molar-refractivity contribution in [3.05, 3.63) is 63.1 Å². The lowest BCUT2D eigenvalue weighted by atomic mass is 10.1. The minimum Gasteiger partial charge on any atom is -0.462 e. The number of carbonyl (C=O) groups excluding carboxylic acids is 2. The second-order valence-electron chi connectivity index (χ2n) is 5.26. The van der Waals surface area contributed by atoms with Crippen LogP contribution in [0.2, 0.25) is 0 Å². The van der Waals surface area contributed by atoms with Crippen molar-refractivity contribution in [2.75, 3.05) is 6.61 Å². The quantitative estimate of drug-likeness (QED) is 0.643. The number of carbonyl (C=O) groups is 2. The summed E-state index contributed by atoms with van der Waals surface area (Å²) in [6.07, 6.45) is 0. The number of Topliss-reactive ketones (excluding diaryl/α,β-unsaturated/α-hetero) is 1. The number of ether oxygens (including phenoxy) is 1. The second-order valence-corrected chi connectivity index (χ2v) is 5.26. The van der Waals surface area contributed by atoms with E-state index in [1.54, 1.807) is 26.0 Å². The zero-order chi connectivity index (χ0) is 17.1. The maximum absolute atomic E-state index is 12.8. The smallest absolute Gasteiger partial charge is 0.343 e. The molecule has 0 aliphatic rings. The van der Waals surface area contributed by atoms with Gasteiger partial charge in [0.2, 0.25) is 0 Å². The number of aromatic nitrogens is 1. The molecule has 0 saturated carbocycles. The summed E-state index contributed by atoms with van der Waals surface area (Å²) >= 11 is 0. The number of aryl methyl sites for hydroxylation is 1. The van der Waals surface area contributed by atoms with Gasteiger partial charge in [0.05, 0.1) is 12.3 Å². The van der Waals surface area contributed by atoms with Crippen molar-refractivity contribution in [3.8, 4) is 5.69 Å². The second kappa shape index (κ2) is 6.60. The molecule has 0 aliphatic carbocycles. The van der Waals surface area contributed by atoms with E-state index in [0.29, 0.717) is 16.9 Å². The largest absolute Gasteiger partial charge is 0.462 e. The Morgan fingerprint density at radius 1 is 1.13 bits per heavy atom. The van der Waals surface area contributed by atoms with Crippen LogP contribution in [0.3, 0.4) is 0 Å². The van der Waals surface area contributed by atoms with E-state index in [2.05, 4.69) is 0 Å². The van der Waals surface area contributed by atoms with E-state index in [4.69, 9.17) is 4.74 Å². The minimum atomic E-state index is -0.720. The summed E-state index contributed by atoms with van der Waals surface area (Å²) in [4.78, 5) is 36.8. The van der Waals surface area contributed by atoms with Crippen LogP contribution in [-0.4, -0.2) is 22.9 Å². The summed E-state index contributed by atoms with van der Waals surface area (Å²) in [7, 11) is 0. The molecule has 1 aromatic carbocycles. The van der Waals surface area contributed by atoms with E-state index >= 15 is 0 Å².